The van der Waals surface area contributed by atoms with E-state index in [1.165, 1.54) is 0 Å². The molecular formula is C10H12ClN3O5S. The van der Waals surface area contributed by atoms with Crippen molar-refractivity contribution in [2.24, 2.45) is 5.14 Å². The molecule has 0 unspecified atom stereocenters. The standard InChI is InChI=1S/C10H12ClN3O5S/c1-2-3-13-10(15)6-4-7(14(16)17)9(11)8(5-6)20(12,18)19/h4-5H,2-3H2,1H3,(H,13,15)(H2,12,18,19). The van der Waals surface area contributed by atoms with Gasteiger partial charge in [0, 0.05) is 18.2 Å². The average molecular weight is 322 g/mol. The molecule has 0 bridgehead atoms. The second-order valence-corrected chi connectivity index (χ2v) is 5.77. The van der Waals surface area contributed by atoms with Crippen LogP contribution in [0.5, 0.6) is 0 Å². The quantitative estimate of drug-likeness (QED) is 0.617. The topological polar surface area (TPSA) is 132 Å². The van der Waals surface area contributed by atoms with Gasteiger partial charge < -0.3 is 5.32 Å². The van der Waals surface area contributed by atoms with E-state index in [1.54, 1.807) is 0 Å². The number of nitro groups is 1. The number of halogens is 1. The Kier molecular flexibility index (Phi) is 5.03. The van der Waals surface area contributed by atoms with Gasteiger partial charge in [0.2, 0.25) is 10.0 Å². The van der Waals surface area contributed by atoms with E-state index in [4.69, 9.17) is 16.7 Å². The van der Waals surface area contributed by atoms with Gasteiger partial charge in [-0.25, -0.2) is 13.6 Å². The van der Waals surface area contributed by atoms with Gasteiger partial charge >= 0.3 is 0 Å². The lowest BCUT2D eigenvalue weighted by atomic mass is 10.2. The lowest BCUT2D eigenvalue weighted by Gasteiger charge is -2.07. The molecule has 0 heterocycles. The largest absolute Gasteiger partial charge is 0.352 e. The highest BCUT2D eigenvalue weighted by Gasteiger charge is 2.25. The number of hydrogen-bond donors (Lipinski definition) is 2. The molecule has 0 aliphatic heterocycles. The molecule has 10 heteroatoms. The molecule has 0 spiro atoms. The van der Waals surface area contributed by atoms with Gasteiger partial charge in [-0.1, -0.05) is 18.5 Å². The number of hydrogen-bond acceptors (Lipinski definition) is 5. The maximum Gasteiger partial charge on any atom is 0.290 e. The van der Waals surface area contributed by atoms with Crippen LogP contribution in [0.1, 0.15) is 23.7 Å². The number of nitrogens with zero attached hydrogens (tertiary/aromatic N) is 1. The van der Waals surface area contributed by atoms with Crippen molar-refractivity contribution in [2.75, 3.05) is 6.54 Å². The maximum absolute atomic E-state index is 11.8. The normalized spacial score (nSPS) is 11.2. The zero-order chi connectivity index (χ0) is 15.5. The number of nitrogens with one attached hydrogen (secondary N) is 1. The van der Waals surface area contributed by atoms with Crippen LogP contribution < -0.4 is 10.5 Å². The van der Waals surface area contributed by atoms with Crippen LogP contribution in [0.15, 0.2) is 17.0 Å². The molecule has 1 rings (SSSR count). The fourth-order valence-corrected chi connectivity index (χ4v) is 2.54. The Balaban J connectivity index is 3.45. The second-order valence-electron chi connectivity index (χ2n) is 3.87. The van der Waals surface area contributed by atoms with E-state index >= 15 is 0 Å². The van der Waals surface area contributed by atoms with E-state index in [1.807, 2.05) is 6.92 Å². The van der Waals surface area contributed by atoms with E-state index in [2.05, 4.69) is 5.32 Å². The SMILES string of the molecule is CCCNC(=O)c1cc([N+](=O)[O-])c(Cl)c(S(N)(=O)=O)c1. The van der Waals surface area contributed by atoms with Gasteiger partial charge in [0.1, 0.15) is 9.92 Å². The number of benzene rings is 1. The summed E-state index contributed by atoms with van der Waals surface area (Å²) < 4.78 is 22.7. The summed E-state index contributed by atoms with van der Waals surface area (Å²) in [5, 5.41) is 17.6. The minimum absolute atomic E-state index is 0.196. The number of nitro benzene ring substituents is 1. The van der Waals surface area contributed by atoms with Gasteiger partial charge in [-0.2, -0.15) is 0 Å². The molecule has 1 amide bonds. The van der Waals surface area contributed by atoms with Crippen molar-refractivity contribution >= 4 is 33.2 Å². The molecule has 0 aliphatic rings. The summed E-state index contributed by atoms with van der Waals surface area (Å²) in [6, 6.07) is 1.82. The molecule has 1 aromatic rings. The predicted molar refractivity (Wildman–Crippen MR) is 72.1 cm³/mol. The first-order valence-corrected chi connectivity index (χ1v) is 7.39. The van der Waals surface area contributed by atoms with Gasteiger partial charge in [-0.15, -0.1) is 0 Å². The smallest absolute Gasteiger partial charge is 0.290 e. The summed E-state index contributed by atoms with van der Waals surface area (Å²) in [6.45, 7) is 2.17. The number of carbonyl (C=O) groups is 1. The molecule has 0 aromatic heterocycles. The zero-order valence-corrected chi connectivity index (χ0v) is 12.0. The van der Waals surface area contributed by atoms with Gasteiger partial charge in [0.05, 0.1) is 4.92 Å². The highest BCUT2D eigenvalue weighted by Crippen LogP contribution is 2.32. The molecule has 110 valence electrons. The Morgan fingerprint density at radius 3 is 2.55 bits per heavy atom. The summed E-state index contributed by atoms with van der Waals surface area (Å²) >= 11 is 5.64. The molecule has 20 heavy (non-hydrogen) atoms. The monoisotopic (exact) mass is 321 g/mol. The van der Waals surface area contributed by atoms with E-state index in [0.29, 0.717) is 13.0 Å². The highest BCUT2D eigenvalue weighted by molar-refractivity contribution is 7.89. The number of carbonyl (C=O) groups excluding carboxylic acids is 1. The molecule has 8 nitrogen and oxygen atoms in total. The molecule has 0 aliphatic carbocycles. The van der Waals surface area contributed by atoms with Crippen molar-refractivity contribution in [1.82, 2.24) is 5.32 Å². The second kappa shape index (κ2) is 6.16. The van der Waals surface area contributed by atoms with E-state index in [9.17, 15) is 23.3 Å². The van der Waals surface area contributed by atoms with Crippen LogP contribution in [0.3, 0.4) is 0 Å². The van der Waals surface area contributed by atoms with Gasteiger partial charge in [-0.05, 0) is 12.5 Å². The summed E-state index contributed by atoms with van der Waals surface area (Å²) in [4.78, 5) is 21.1. The van der Waals surface area contributed by atoms with Crippen LogP contribution in [-0.4, -0.2) is 25.8 Å². The Morgan fingerprint density at radius 2 is 2.10 bits per heavy atom. The van der Waals surface area contributed by atoms with Crippen molar-refractivity contribution in [1.29, 1.82) is 0 Å². The van der Waals surface area contributed by atoms with Crippen LogP contribution in [-0.2, 0) is 10.0 Å². The first-order chi connectivity index (χ1) is 9.18. The van der Waals surface area contributed by atoms with Gasteiger partial charge in [0.25, 0.3) is 11.6 Å². The summed E-state index contributed by atoms with van der Waals surface area (Å²) in [5.74, 6) is -0.642. The third-order valence-corrected chi connectivity index (χ3v) is 3.77. The van der Waals surface area contributed by atoms with Crippen molar-refractivity contribution in [2.45, 2.75) is 18.2 Å². The third kappa shape index (κ3) is 3.65. The molecule has 0 saturated carbocycles. The lowest BCUT2D eigenvalue weighted by molar-refractivity contribution is -0.384. The van der Waals surface area contributed by atoms with E-state index in [-0.39, 0.29) is 5.56 Å². The fraction of sp³-hybridized carbons (Fsp3) is 0.300. The molecule has 0 fully saturated rings. The highest BCUT2D eigenvalue weighted by atomic mass is 35.5. The van der Waals surface area contributed by atoms with Crippen molar-refractivity contribution in [3.8, 4) is 0 Å². The van der Waals surface area contributed by atoms with Crippen molar-refractivity contribution in [3.05, 3.63) is 32.8 Å². The Bertz CT molecular complexity index is 659. The number of sulfonamides is 1. The summed E-state index contributed by atoms with van der Waals surface area (Å²) in [6.07, 6.45) is 0.656. The van der Waals surface area contributed by atoms with Crippen LogP contribution in [0.25, 0.3) is 0 Å². The third-order valence-electron chi connectivity index (χ3n) is 2.32. The Hall–Kier alpha value is -1.71. The first kappa shape index (κ1) is 16.3. The van der Waals surface area contributed by atoms with Gasteiger partial charge in [-0.3, -0.25) is 14.9 Å². The van der Waals surface area contributed by atoms with Crippen LogP contribution in [0.4, 0.5) is 5.69 Å². The Labute approximate surface area is 120 Å². The Morgan fingerprint density at radius 1 is 1.50 bits per heavy atom. The molecule has 0 saturated heterocycles. The van der Waals surface area contributed by atoms with E-state index < -0.39 is 36.5 Å². The first-order valence-electron chi connectivity index (χ1n) is 5.47. The van der Waals surface area contributed by atoms with Crippen LogP contribution in [0.2, 0.25) is 5.02 Å². The van der Waals surface area contributed by atoms with E-state index in [0.717, 1.165) is 12.1 Å². The number of rotatable bonds is 5. The fourth-order valence-electron chi connectivity index (χ4n) is 1.39. The van der Waals surface area contributed by atoms with Crippen molar-refractivity contribution in [3.63, 3.8) is 0 Å². The molecule has 0 atom stereocenters. The summed E-state index contributed by atoms with van der Waals surface area (Å²) in [5.41, 5.74) is -0.890. The molecular weight excluding hydrogens is 310 g/mol. The minimum Gasteiger partial charge on any atom is -0.352 e. The van der Waals surface area contributed by atoms with Crippen molar-refractivity contribution < 1.29 is 18.1 Å². The lowest BCUT2D eigenvalue weighted by Crippen LogP contribution is -2.25. The number of primary sulfonamides is 1. The van der Waals surface area contributed by atoms with Crippen LogP contribution >= 0.6 is 11.6 Å². The number of nitrogens with two attached hydrogens (primary N) is 1. The van der Waals surface area contributed by atoms with Gasteiger partial charge in [0.15, 0.2) is 0 Å². The molecule has 1 aromatic carbocycles. The maximum atomic E-state index is 11.8. The van der Waals surface area contributed by atoms with Crippen LogP contribution in [0, 0.1) is 10.1 Å². The molecule has 3 N–H and O–H groups in total. The minimum atomic E-state index is -4.28. The summed E-state index contributed by atoms with van der Waals surface area (Å²) in [7, 11) is -4.28. The predicted octanol–water partition coefficient (Wildman–Crippen LogP) is 1.04. The zero-order valence-electron chi connectivity index (χ0n) is 10.4. The number of amides is 1. The average Bonchev–Trinajstić information content (AvgIpc) is 2.34. The molecule has 0 radical (unpaired) electrons.